The minimum Gasteiger partial charge on any atom is -0.290 e. The second-order valence-corrected chi connectivity index (χ2v) is 4.55. The van der Waals surface area contributed by atoms with Gasteiger partial charge in [-0.2, -0.15) is 0 Å². The first-order valence-electron chi connectivity index (χ1n) is 4.03. The molecule has 6 nitrogen and oxygen atoms in total. The molecule has 82 valence electrons. The van der Waals surface area contributed by atoms with Gasteiger partial charge in [0.1, 0.15) is 0 Å². The monoisotopic (exact) mass is 229 g/mol. The van der Waals surface area contributed by atoms with Crippen molar-refractivity contribution in [2.45, 2.75) is 5.75 Å². The lowest BCUT2D eigenvalue weighted by molar-refractivity contribution is 0.0953. The molecule has 1 rings (SSSR count). The van der Waals surface area contributed by atoms with Crippen molar-refractivity contribution in [2.75, 3.05) is 0 Å². The first kappa shape index (κ1) is 11.6. The SMILES string of the molecule is NNC(=O)c1ccccc1CS(N)(=O)=O. The molecule has 0 aliphatic heterocycles. The van der Waals surface area contributed by atoms with Crippen LogP contribution in [0.1, 0.15) is 15.9 Å². The maximum absolute atomic E-state index is 11.2. The lowest BCUT2D eigenvalue weighted by Gasteiger charge is -2.06. The zero-order chi connectivity index (χ0) is 11.5. The Bertz CT molecular complexity index is 470. The molecule has 0 saturated heterocycles. The van der Waals surface area contributed by atoms with Gasteiger partial charge < -0.3 is 0 Å². The molecule has 0 radical (unpaired) electrons. The van der Waals surface area contributed by atoms with Crippen LogP contribution in [0.4, 0.5) is 0 Å². The molecular formula is C8H11N3O3S. The predicted octanol–water partition coefficient (Wildman–Crippen LogP) is -0.921. The molecule has 0 heterocycles. The standard InChI is InChI=1S/C8H11N3O3S/c9-11-8(12)7-4-2-1-3-6(7)5-15(10,13)14/h1-4H,5,9H2,(H,11,12)(H2,10,13,14). The van der Waals surface area contributed by atoms with Crippen LogP contribution >= 0.6 is 0 Å². The maximum Gasteiger partial charge on any atom is 0.265 e. The summed E-state index contributed by atoms with van der Waals surface area (Å²) in [6.45, 7) is 0. The summed E-state index contributed by atoms with van der Waals surface area (Å²) >= 11 is 0. The van der Waals surface area contributed by atoms with Crippen LogP contribution in [0.25, 0.3) is 0 Å². The Morgan fingerprint density at radius 3 is 2.47 bits per heavy atom. The van der Waals surface area contributed by atoms with E-state index in [9.17, 15) is 13.2 Å². The van der Waals surface area contributed by atoms with Gasteiger partial charge in [0.25, 0.3) is 5.91 Å². The quantitative estimate of drug-likeness (QED) is 0.353. The highest BCUT2D eigenvalue weighted by atomic mass is 32.2. The molecular weight excluding hydrogens is 218 g/mol. The largest absolute Gasteiger partial charge is 0.290 e. The van der Waals surface area contributed by atoms with Crippen molar-refractivity contribution in [1.29, 1.82) is 0 Å². The predicted molar refractivity (Wildman–Crippen MR) is 54.9 cm³/mol. The van der Waals surface area contributed by atoms with Crippen molar-refractivity contribution < 1.29 is 13.2 Å². The van der Waals surface area contributed by atoms with Crippen LogP contribution in [0.2, 0.25) is 0 Å². The molecule has 1 amide bonds. The summed E-state index contributed by atoms with van der Waals surface area (Å²) in [4.78, 5) is 11.2. The van der Waals surface area contributed by atoms with Crippen LogP contribution in [-0.4, -0.2) is 14.3 Å². The number of amides is 1. The average Bonchev–Trinajstić information content (AvgIpc) is 2.15. The highest BCUT2D eigenvalue weighted by Crippen LogP contribution is 2.10. The maximum atomic E-state index is 11.2. The third kappa shape index (κ3) is 3.31. The number of carbonyl (C=O) groups excluding carboxylic acids is 1. The number of hydrogen-bond acceptors (Lipinski definition) is 4. The lowest BCUT2D eigenvalue weighted by atomic mass is 10.1. The van der Waals surface area contributed by atoms with E-state index in [0.717, 1.165) is 0 Å². The van der Waals surface area contributed by atoms with E-state index in [2.05, 4.69) is 0 Å². The topological polar surface area (TPSA) is 115 Å². The molecule has 0 spiro atoms. The molecule has 7 heteroatoms. The molecule has 0 aliphatic rings. The van der Waals surface area contributed by atoms with Crippen LogP contribution in [0, 0.1) is 0 Å². The summed E-state index contributed by atoms with van der Waals surface area (Å²) in [5.74, 6) is 4.02. The second-order valence-electron chi connectivity index (χ2n) is 2.94. The Labute approximate surface area is 87.3 Å². The zero-order valence-corrected chi connectivity index (χ0v) is 8.62. The molecule has 5 N–H and O–H groups in total. The molecule has 0 atom stereocenters. The summed E-state index contributed by atoms with van der Waals surface area (Å²) in [7, 11) is -3.66. The number of nitrogen functional groups attached to an aromatic ring is 1. The summed E-state index contributed by atoms with van der Waals surface area (Å²) in [5, 5.41) is 4.89. The highest BCUT2D eigenvalue weighted by molar-refractivity contribution is 7.88. The van der Waals surface area contributed by atoms with Gasteiger partial charge in [-0.1, -0.05) is 18.2 Å². The molecule has 15 heavy (non-hydrogen) atoms. The number of rotatable bonds is 3. The van der Waals surface area contributed by atoms with Crippen molar-refractivity contribution >= 4 is 15.9 Å². The number of hydrogen-bond donors (Lipinski definition) is 3. The Balaban J connectivity index is 3.13. The van der Waals surface area contributed by atoms with Gasteiger partial charge in [0.2, 0.25) is 10.0 Å². The van der Waals surface area contributed by atoms with E-state index in [-0.39, 0.29) is 5.56 Å². The molecule has 1 aromatic rings. The Morgan fingerprint density at radius 1 is 1.33 bits per heavy atom. The molecule has 1 aromatic carbocycles. The third-order valence-electron chi connectivity index (χ3n) is 1.75. The molecule has 0 unspecified atom stereocenters. The summed E-state index contributed by atoms with van der Waals surface area (Å²) in [6.07, 6.45) is 0. The van der Waals surface area contributed by atoms with E-state index in [1.807, 2.05) is 5.43 Å². The van der Waals surface area contributed by atoms with Gasteiger partial charge >= 0.3 is 0 Å². The number of sulfonamides is 1. The van der Waals surface area contributed by atoms with Crippen molar-refractivity contribution in [3.8, 4) is 0 Å². The van der Waals surface area contributed by atoms with Gasteiger partial charge in [-0.05, 0) is 11.6 Å². The van der Waals surface area contributed by atoms with Crippen molar-refractivity contribution in [2.24, 2.45) is 11.0 Å². The van der Waals surface area contributed by atoms with E-state index in [1.165, 1.54) is 12.1 Å². The van der Waals surface area contributed by atoms with Gasteiger partial charge in [0.15, 0.2) is 0 Å². The van der Waals surface area contributed by atoms with E-state index >= 15 is 0 Å². The number of benzene rings is 1. The highest BCUT2D eigenvalue weighted by Gasteiger charge is 2.13. The van der Waals surface area contributed by atoms with Crippen molar-refractivity contribution in [3.63, 3.8) is 0 Å². The molecule has 0 fully saturated rings. The van der Waals surface area contributed by atoms with Gasteiger partial charge in [0.05, 0.1) is 5.75 Å². The number of primary sulfonamides is 1. The molecule has 0 aromatic heterocycles. The third-order valence-corrected chi connectivity index (χ3v) is 2.46. The van der Waals surface area contributed by atoms with Gasteiger partial charge in [-0.15, -0.1) is 0 Å². The molecule has 0 bridgehead atoms. The first-order valence-corrected chi connectivity index (χ1v) is 5.75. The van der Waals surface area contributed by atoms with Gasteiger partial charge in [0, 0.05) is 5.56 Å². The number of nitrogens with one attached hydrogen (secondary N) is 1. The van der Waals surface area contributed by atoms with Crippen LogP contribution < -0.4 is 16.4 Å². The van der Waals surface area contributed by atoms with Crippen molar-refractivity contribution in [1.82, 2.24) is 5.43 Å². The Hall–Kier alpha value is -1.44. The second kappa shape index (κ2) is 4.39. The van der Waals surface area contributed by atoms with Crippen LogP contribution in [0.15, 0.2) is 24.3 Å². The van der Waals surface area contributed by atoms with E-state index in [4.69, 9.17) is 11.0 Å². The zero-order valence-electron chi connectivity index (χ0n) is 7.80. The Kier molecular flexibility index (Phi) is 3.40. The normalized spacial score (nSPS) is 11.1. The summed E-state index contributed by atoms with van der Waals surface area (Å²) in [6, 6.07) is 6.21. The fourth-order valence-corrected chi connectivity index (χ4v) is 1.85. The Morgan fingerprint density at radius 2 is 1.93 bits per heavy atom. The van der Waals surface area contributed by atoms with Crippen LogP contribution in [-0.2, 0) is 15.8 Å². The minimum absolute atomic E-state index is 0.203. The number of nitrogens with two attached hydrogens (primary N) is 2. The van der Waals surface area contributed by atoms with Crippen LogP contribution in [0.3, 0.4) is 0 Å². The summed E-state index contributed by atoms with van der Waals surface area (Å²) in [5.41, 5.74) is 2.46. The van der Waals surface area contributed by atoms with Gasteiger partial charge in [-0.3, -0.25) is 10.2 Å². The fourth-order valence-electron chi connectivity index (χ4n) is 1.16. The smallest absolute Gasteiger partial charge is 0.265 e. The number of hydrazine groups is 1. The van der Waals surface area contributed by atoms with Crippen molar-refractivity contribution in [3.05, 3.63) is 35.4 Å². The molecule has 0 saturated carbocycles. The average molecular weight is 229 g/mol. The van der Waals surface area contributed by atoms with Crippen LogP contribution in [0.5, 0.6) is 0 Å². The van der Waals surface area contributed by atoms with E-state index in [1.54, 1.807) is 12.1 Å². The first-order chi connectivity index (χ1) is 6.94. The summed E-state index contributed by atoms with van der Waals surface area (Å²) < 4.78 is 21.8. The minimum atomic E-state index is -3.66. The van der Waals surface area contributed by atoms with Gasteiger partial charge in [-0.25, -0.2) is 19.4 Å². The number of carbonyl (C=O) groups is 1. The fraction of sp³-hybridized carbons (Fsp3) is 0.125. The van der Waals surface area contributed by atoms with E-state index < -0.39 is 21.7 Å². The van der Waals surface area contributed by atoms with E-state index in [0.29, 0.717) is 5.56 Å². The molecule has 0 aliphatic carbocycles. The lowest BCUT2D eigenvalue weighted by Crippen LogP contribution is -2.31.